The quantitative estimate of drug-likeness (QED) is 0.708. The Morgan fingerprint density at radius 1 is 0.900 bits per heavy atom. The normalized spacial score (nSPS) is 10.9. The molecule has 0 saturated carbocycles. The standard InChI is InChI=1S/C18H16ClN/c1-12-6-7-13(11-20)10-17(12)15-8-9-18(19)16-5-3-2-4-14(15)16/h2-10H,11,20H2,1H3. The molecule has 1 nitrogen and oxygen atoms in total. The van der Waals surface area contributed by atoms with Gasteiger partial charge in [-0.1, -0.05) is 54.1 Å². The minimum atomic E-state index is 0.554. The van der Waals surface area contributed by atoms with E-state index in [0.29, 0.717) is 6.54 Å². The van der Waals surface area contributed by atoms with Gasteiger partial charge < -0.3 is 5.73 Å². The number of halogens is 1. The summed E-state index contributed by atoms with van der Waals surface area (Å²) in [7, 11) is 0. The number of benzene rings is 3. The van der Waals surface area contributed by atoms with Gasteiger partial charge in [-0.25, -0.2) is 0 Å². The predicted molar refractivity (Wildman–Crippen MR) is 87.0 cm³/mol. The second kappa shape index (κ2) is 5.28. The molecule has 3 aromatic carbocycles. The summed E-state index contributed by atoms with van der Waals surface area (Å²) in [5.74, 6) is 0. The Morgan fingerprint density at radius 3 is 2.40 bits per heavy atom. The third-order valence-corrected chi connectivity index (χ3v) is 4.03. The molecule has 0 fully saturated rings. The summed E-state index contributed by atoms with van der Waals surface area (Å²) in [6, 6.07) is 18.7. The smallest absolute Gasteiger partial charge is 0.0484 e. The van der Waals surface area contributed by atoms with Crippen molar-refractivity contribution in [3.05, 3.63) is 70.7 Å². The number of hydrogen-bond donors (Lipinski definition) is 1. The molecular formula is C18H16ClN. The Balaban J connectivity index is 2.33. The highest BCUT2D eigenvalue weighted by Crippen LogP contribution is 2.34. The van der Waals surface area contributed by atoms with Crippen LogP contribution in [0, 0.1) is 6.92 Å². The van der Waals surface area contributed by atoms with Crippen molar-refractivity contribution < 1.29 is 0 Å². The molecule has 0 aliphatic carbocycles. The van der Waals surface area contributed by atoms with E-state index in [4.69, 9.17) is 17.3 Å². The molecule has 0 unspecified atom stereocenters. The van der Waals surface area contributed by atoms with Crippen LogP contribution in [0.15, 0.2) is 54.6 Å². The van der Waals surface area contributed by atoms with Gasteiger partial charge in [0.25, 0.3) is 0 Å². The fraction of sp³-hybridized carbons (Fsp3) is 0.111. The van der Waals surface area contributed by atoms with E-state index in [-0.39, 0.29) is 0 Å². The summed E-state index contributed by atoms with van der Waals surface area (Å²) in [5, 5.41) is 3.05. The largest absolute Gasteiger partial charge is 0.326 e. The highest BCUT2D eigenvalue weighted by molar-refractivity contribution is 6.36. The van der Waals surface area contributed by atoms with Gasteiger partial charge in [0.05, 0.1) is 0 Å². The zero-order chi connectivity index (χ0) is 14.1. The third-order valence-electron chi connectivity index (χ3n) is 3.70. The number of fused-ring (bicyclic) bond motifs is 1. The molecule has 3 aromatic rings. The molecule has 0 aliphatic rings. The van der Waals surface area contributed by atoms with Crippen molar-refractivity contribution in [1.29, 1.82) is 0 Å². The molecule has 0 amide bonds. The first-order valence-electron chi connectivity index (χ1n) is 6.68. The van der Waals surface area contributed by atoms with Gasteiger partial charge in [0.1, 0.15) is 0 Å². The van der Waals surface area contributed by atoms with Gasteiger partial charge in [-0.2, -0.15) is 0 Å². The lowest BCUT2D eigenvalue weighted by Gasteiger charge is -2.12. The van der Waals surface area contributed by atoms with E-state index in [0.717, 1.165) is 16.0 Å². The fourth-order valence-electron chi connectivity index (χ4n) is 2.58. The lowest BCUT2D eigenvalue weighted by molar-refractivity contribution is 1.07. The average molecular weight is 282 g/mol. The topological polar surface area (TPSA) is 26.0 Å². The summed E-state index contributed by atoms with van der Waals surface area (Å²) in [6.45, 7) is 2.68. The van der Waals surface area contributed by atoms with E-state index in [1.54, 1.807) is 0 Å². The average Bonchev–Trinajstić information content (AvgIpc) is 2.49. The van der Waals surface area contributed by atoms with Crippen molar-refractivity contribution in [2.24, 2.45) is 5.73 Å². The zero-order valence-corrected chi connectivity index (χ0v) is 12.1. The summed E-state index contributed by atoms with van der Waals surface area (Å²) >= 11 is 6.29. The summed E-state index contributed by atoms with van der Waals surface area (Å²) in [6.07, 6.45) is 0. The Hall–Kier alpha value is -1.83. The van der Waals surface area contributed by atoms with Crippen molar-refractivity contribution >= 4 is 22.4 Å². The first-order chi connectivity index (χ1) is 9.70. The maximum Gasteiger partial charge on any atom is 0.0484 e. The Kier molecular flexibility index (Phi) is 3.47. The molecule has 0 saturated heterocycles. The van der Waals surface area contributed by atoms with E-state index in [1.165, 1.54) is 22.1 Å². The van der Waals surface area contributed by atoms with E-state index in [9.17, 15) is 0 Å². The Bertz CT molecular complexity index is 777. The van der Waals surface area contributed by atoms with E-state index in [2.05, 4.69) is 43.3 Å². The second-order valence-corrected chi connectivity index (χ2v) is 5.40. The van der Waals surface area contributed by atoms with Crippen LogP contribution in [0.1, 0.15) is 11.1 Å². The highest BCUT2D eigenvalue weighted by Gasteiger charge is 2.09. The van der Waals surface area contributed by atoms with Gasteiger partial charge in [0.2, 0.25) is 0 Å². The van der Waals surface area contributed by atoms with Crippen LogP contribution >= 0.6 is 11.6 Å². The van der Waals surface area contributed by atoms with Gasteiger partial charge in [-0.05, 0) is 46.7 Å². The molecule has 2 heteroatoms. The molecule has 20 heavy (non-hydrogen) atoms. The molecule has 0 bridgehead atoms. The van der Waals surface area contributed by atoms with Crippen LogP contribution in [0.4, 0.5) is 0 Å². The molecule has 0 atom stereocenters. The van der Waals surface area contributed by atoms with Crippen molar-refractivity contribution in [2.75, 3.05) is 0 Å². The minimum Gasteiger partial charge on any atom is -0.326 e. The number of nitrogens with two attached hydrogens (primary N) is 1. The first kappa shape index (κ1) is 13.2. The monoisotopic (exact) mass is 281 g/mol. The van der Waals surface area contributed by atoms with Gasteiger partial charge in [0.15, 0.2) is 0 Å². The molecule has 0 spiro atoms. The van der Waals surface area contributed by atoms with Crippen LogP contribution in [-0.4, -0.2) is 0 Å². The van der Waals surface area contributed by atoms with E-state index in [1.807, 2.05) is 18.2 Å². The van der Waals surface area contributed by atoms with E-state index >= 15 is 0 Å². The fourth-order valence-corrected chi connectivity index (χ4v) is 2.81. The van der Waals surface area contributed by atoms with Crippen LogP contribution in [0.25, 0.3) is 21.9 Å². The Labute approximate surface area is 124 Å². The molecule has 2 N–H and O–H groups in total. The van der Waals surface area contributed by atoms with Crippen LogP contribution < -0.4 is 5.73 Å². The zero-order valence-electron chi connectivity index (χ0n) is 11.4. The van der Waals surface area contributed by atoms with Crippen molar-refractivity contribution in [3.8, 4) is 11.1 Å². The van der Waals surface area contributed by atoms with Crippen molar-refractivity contribution in [2.45, 2.75) is 13.5 Å². The van der Waals surface area contributed by atoms with Gasteiger partial charge in [-0.15, -0.1) is 0 Å². The third kappa shape index (κ3) is 2.20. The first-order valence-corrected chi connectivity index (χ1v) is 7.05. The summed E-state index contributed by atoms with van der Waals surface area (Å²) in [5.41, 5.74) is 10.6. The summed E-state index contributed by atoms with van der Waals surface area (Å²) in [4.78, 5) is 0. The Morgan fingerprint density at radius 2 is 1.65 bits per heavy atom. The molecular weight excluding hydrogens is 266 g/mol. The summed E-state index contributed by atoms with van der Waals surface area (Å²) < 4.78 is 0. The van der Waals surface area contributed by atoms with E-state index < -0.39 is 0 Å². The van der Waals surface area contributed by atoms with Crippen LogP contribution in [0.3, 0.4) is 0 Å². The SMILES string of the molecule is Cc1ccc(CN)cc1-c1ccc(Cl)c2ccccc12. The van der Waals surface area contributed by atoms with Crippen LogP contribution in [-0.2, 0) is 6.54 Å². The molecule has 0 heterocycles. The maximum atomic E-state index is 6.29. The van der Waals surface area contributed by atoms with Crippen LogP contribution in [0.5, 0.6) is 0 Å². The van der Waals surface area contributed by atoms with Crippen molar-refractivity contribution in [3.63, 3.8) is 0 Å². The predicted octanol–water partition coefficient (Wildman–Crippen LogP) is 4.93. The lowest BCUT2D eigenvalue weighted by Crippen LogP contribution is -1.97. The van der Waals surface area contributed by atoms with Gasteiger partial charge in [0, 0.05) is 17.0 Å². The highest BCUT2D eigenvalue weighted by atomic mass is 35.5. The molecule has 3 rings (SSSR count). The second-order valence-electron chi connectivity index (χ2n) is 4.99. The molecule has 100 valence electrons. The van der Waals surface area contributed by atoms with Gasteiger partial charge in [-0.3, -0.25) is 0 Å². The minimum absolute atomic E-state index is 0.554. The number of hydrogen-bond acceptors (Lipinski definition) is 1. The maximum absolute atomic E-state index is 6.29. The molecule has 0 radical (unpaired) electrons. The van der Waals surface area contributed by atoms with Crippen molar-refractivity contribution in [1.82, 2.24) is 0 Å². The van der Waals surface area contributed by atoms with Gasteiger partial charge >= 0.3 is 0 Å². The lowest BCUT2D eigenvalue weighted by atomic mass is 9.93. The molecule has 0 aromatic heterocycles. The number of rotatable bonds is 2. The van der Waals surface area contributed by atoms with Crippen LogP contribution in [0.2, 0.25) is 5.02 Å². The molecule has 0 aliphatic heterocycles. The number of aryl methyl sites for hydroxylation is 1.